The molecule has 0 radical (unpaired) electrons. The molecule has 0 aliphatic carbocycles. The molecule has 0 saturated carbocycles. The fourth-order valence-corrected chi connectivity index (χ4v) is 3.52. The summed E-state index contributed by atoms with van der Waals surface area (Å²) in [6.07, 6.45) is 4.55. The van der Waals surface area contributed by atoms with E-state index in [1.54, 1.807) is 18.3 Å². The summed E-state index contributed by atoms with van der Waals surface area (Å²) in [4.78, 5) is 16.7. The number of carbonyl (C=O) groups is 1. The Hall–Kier alpha value is -3.51. The van der Waals surface area contributed by atoms with Crippen molar-refractivity contribution in [3.63, 3.8) is 0 Å². The van der Waals surface area contributed by atoms with Crippen LogP contribution in [0.1, 0.15) is 18.9 Å². The van der Waals surface area contributed by atoms with Crippen LogP contribution in [0.4, 0.5) is 10.2 Å². The number of hydrogen-bond acceptors (Lipinski definition) is 3. The highest BCUT2D eigenvalue weighted by molar-refractivity contribution is 6.30. The SMILES string of the molecule is CCn1cc(-c2ccnc(NC(=O)CCc3ccc(Cl)cc3)c2)c(-c2ccc(F)cc2)n1. The average molecular weight is 449 g/mol. The van der Waals surface area contributed by atoms with Gasteiger partial charge in [0.15, 0.2) is 0 Å². The molecule has 4 rings (SSSR count). The monoisotopic (exact) mass is 448 g/mol. The first-order valence-electron chi connectivity index (χ1n) is 10.4. The summed E-state index contributed by atoms with van der Waals surface area (Å²) < 4.78 is 15.2. The van der Waals surface area contributed by atoms with Gasteiger partial charge in [-0.2, -0.15) is 5.10 Å². The fraction of sp³-hybridized carbons (Fsp3) is 0.160. The Labute approximate surface area is 190 Å². The number of nitrogens with one attached hydrogen (secondary N) is 1. The number of pyridine rings is 1. The van der Waals surface area contributed by atoms with Crippen molar-refractivity contribution in [1.82, 2.24) is 14.8 Å². The average Bonchev–Trinajstić information content (AvgIpc) is 3.24. The van der Waals surface area contributed by atoms with Gasteiger partial charge in [0, 0.05) is 41.5 Å². The molecule has 2 aromatic heterocycles. The van der Waals surface area contributed by atoms with Crippen molar-refractivity contribution in [3.05, 3.63) is 89.5 Å². The molecule has 0 aliphatic heterocycles. The standard InChI is InChI=1S/C25H22ClFN4O/c1-2-31-16-22(25(30-31)18-6-10-21(27)11-7-18)19-13-14-28-23(15-19)29-24(32)12-5-17-3-8-20(26)9-4-17/h3-4,6-11,13-16H,2,5,12H2,1H3,(H,28,29,32). The van der Waals surface area contributed by atoms with Crippen molar-refractivity contribution in [1.29, 1.82) is 0 Å². The minimum atomic E-state index is -0.294. The maximum Gasteiger partial charge on any atom is 0.225 e. The Kier molecular flexibility index (Phi) is 6.61. The van der Waals surface area contributed by atoms with Crippen molar-refractivity contribution in [3.8, 4) is 22.4 Å². The Balaban J connectivity index is 1.52. The molecule has 0 bridgehead atoms. The third-order valence-electron chi connectivity index (χ3n) is 5.10. The van der Waals surface area contributed by atoms with Crippen molar-refractivity contribution in [2.45, 2.75) is 26.3 Å². The van der Waals surface area contributed by atoms with Gasteiger partial charge in [-0.25, -0.2) is 9.37 Å². The first kappa shape index (κ1) is 21.7. The molecule has 0 fully saturated rings. The van der Waals surface area contributed by atoms with Crippen LogP contribution in [0.15, 0.2) is 73.1 Å². The molecule has 2 aromatic carbocycles. The molecule has 2 heterocycles. The van der Waals surface area contributed by atoms with E-state index in [0.717, 1.165) is 27.9 Å². The molecule has 5 nitrogen and oxygen atoms in total. The number of nitrogens with zero attached hydrogens (tertiary/aromatic N) is 3. The first-order valence-corrected chi connectivity index (χ1v) is 10.7. The van der Waals surface area contributed by atoms with E-state index in [9.17, 15) is 9.18 Å². The molecule has 0 saturated heterocycles. The molecule has 0 aliphatic rings. The van der Waals surface area contributed by atoms with Gasteiger partial charge in [-0.05, 0) is 73.0 Å². The highest BCUT2D eigenvalue weighted by atomic mass is 35.5. The van der Waals surface area contributed by atoms with Gasteiger partial charge in [0.25, 0.3) is 0 Å². The predicted molar refractivity (Wildman–Crippen MR) is 125 cm³/mol. The summed E-state index contributed by atoms with van der Waals surface area (Å²) in [6.45, 7) is 2.71. The summed E-state index contributed by atoms with van der Waals surface area (Å²) in [5, 5.41) is 8.18. The molecule has 0 spiro atoms. The topological polar surface area (TPSA) is 59.8 Å². The number of aryl methyl sites for hydroxylation is 2. The third-order valence-corrected chi connectivity index (χ3v) is 5.35. The Bertz CT molecular complexity index is 1220. The summed E-state index contributed by atoms with van der Waals surface area (Å²) in [5.41, 5.74) is 4.36. The van der Waals surface area contributed by atoms with Crippen LogP contribution >= 0.6 is 11.6 Å². The Morgan fingerprint density at radius 2 is 1.81 bits per heavy atom. The number of amides is 1. The van der Waals surface area contributed by atoms with E-state index < -0.39 is 0 Å². The van der Waals surface area contributed by atoms with Crippen LogP contribution in [0.5, 0.6) is 0 Å². The second-order valence-electron chi connectivity index (χ2n) is 7.36. The van der Waals surface area contributed by atoms with E-state index >= 15 is 0 Å². The molecule has 4 aromatic rings. The van der Waals surface area contributed by atoms with Gasteiger partial charge in [-0.1, -0.05) is 23.7 Å². The number of benzene rings is 2. The van der Waals surface area contributed by atoms with Gasteiger partial charge in [-0.3, -0.25) is 9.48 Å². The maximum absolute atomic E-state index is 13.4. The minimum absolute atomic E-state index is 0.118. The third kappa shape index (κ3) is 5.21. The van der Waals surface area contributed by atoms with Gasteiger partial charge in [0.2, 0.25) is 5.91 Å². The summed E-state index contributed by atoms with van der Waals surface area (Å²) >= 11 is 5.90. The van der Waals surface area contributed by atoms with Gasteiger partial charge in [0.1, 0.15) is 17.3 Å². The summed E-state index contributed by atoms with van der Waals surface area (Å²) in [5.74, 6) is 0.0586. The lowest BCUT2D eigenvalue weighted by atomic mass is 10.0. The zero-order chi connectivity index (χ0) is 22.5. The van der Waals surface area contributed by atoms with Crippen molar-refractivity contribution in [2.24, 2.45) is 0 Å². The highest BCUT2D eigenvalue weighted by Crippen LogP contribution is 2.32. The maximum atomic E-state index is 13.4. The summed E-state index contributed by atoms with van der Waals surface area (Å²) in [6, 6.07) is 17.4. The first-order chi connectivity index (χ1) is 15.5. The quantitative estimate of drug-likeness (QED) is 0.377. The Morgan fingerprint density at radius 1 is 1.06 bits per heavy atom. The molecule has 7 heteroatoms. The van der Waals surface area contributed by atoms with Gasteiger partial charge >= 0.3 is 0 Å². The second kappa shape index (κ2) is 9.75. The molecule has 32 heavy (non-hydrogen) atoms. The van der Waals surface area contributed by atoms with Crippen LogP contribution < -0.4 is 5.32 Å². The largest absolute Gasteiger partial charge is 0.311 e. The van der Waals surface area contributed by atoms with E-state index in [2.05, 4.69) is 15.4 Å². The van der Waals surface area contributed by atoms with E-state index in [-0.39, 0.29) is 11.7 Å². The van der Waals surface area contributed by atoms with Gasteiger partial charge in [0.05, 0.1) is 0 Å². The van der Waals surface area contributed by atoms with Gasteiger partial charge < -0.3 is 5.32 Å². The number of aromatic nitrogens is 3. The normalized spacial score (nSPS) is 10.8. The van der Waals surface area contributed by atoms with E-state index in [4.69, 9.17) is 11.6 Å². The molecular formula is C25H22ClFN4O. The van der Waals surface area contributed by atoms with Crippen LogP contribution in [0.25, 0.3) is 22.4 Å². The lowest BCUT2D eigenvalue weighted by Crippen LogP contribution is -2.13. The van der Waals surface area contributed by atoms with Crippen LogP contribution in [0, 0.1) is 5.82 Å². The predicted octanol–water partition coefficient (Wildman–Crippen LogP) is 6.00. The van der Waals surface area contributed by atoms with Crippen molar-refractivity contribution < 1.29 is 9.18 Å². The number of anilines is 1. The molecule has 1 N–H and O–H groups in total. The van der Waals surface area contributed by atoms with E-state index in [1.807, 2.05) is 54.2 Å². The lowest BCUT2D eigenvalue weighted by molar-refractivity contribution is -0.116. The highest BCUT2D eigenvalue weighted by Gasteiger charge is 2.14. The van der Waals surface area contributed by atoms with E-state index in [1.165, 1.54) is 12.1 Å². The molecule has 1 amide bonds. The molecule has 162 valence electrons. The fourth-order valence-electron chi connectivity index (χ4n) is 3.40. The Morgan fingerprint density at radius 3 is 2.53 bits per heavy atom. The summed E-state index contributed by atoms with van der Waals surface area (Å²) in [7, 11) is 0. The number of carbonyl (C=O) groups excluding carboxylic acids is 1. The van der Waals surface area contributed by atoms with Crippen molar-refractivity contribution in [2.75, 3.05) is 5.32 Å². The lowest BCUT2D eigenvalue weighted by Gasteiger charge is -2.07. The smallest absolute Gasteiger partial charge is 0.225 e. The molecule has 0 unspecified atom stereocenters. The van der Waals surface area contributed by atoms with Gasteiger partial charge in [-0.15, -0.1) is 0 Å². The number of rotatable bonds is 7. The minimum Gasteiger partial charge on any atom is -0.311 e. The zero-order valence-electron chi connectivity index (χ0n) is 17.6. The van der Waals surface area contributed by atoms with Crippen LogP contribution in [-0.2, 0) is 17.8 Å². The van der Waals surface area contributed by atoms with Crippen molar-refractivity contribution >= 4 is 23.3 Å². The number of hydrogen-bond donors (Lipinski definition) is 1. The molecular weight excluding hydrogens is 427 g/mol. The molecule has 0 atom stereocenters. The zero-order valence-corrected chi connectivity index (χ0v) is 18.3. The van der Waals surface area contributed by atoms with Crippen LogP contribution in [0.3, 0.4) is 0 Å². The second-order valence-corrected chi connectivity index (χ2v) is 7.79. The van der Waals surface area contributed by atoms with Crippen LogP contribution in [-0.4, -0.2) is 20.7 Å². The van der Waals surface area contributed by atoms with E-state index in [0.29, 0.717) is 30.2 Å². The number of halogens is 2. The van der Waals surface area contributed by atoms with Crippen LogP contribution in [0.2, 0.25) is 5.02 Å².